The first-order valence-corrected chi connectivity index (χ1v) is 11.9. The molecule has 1 heterocycles. The molecule has 9 heteroatoms. The number of rotatable bonds is 9. The second-order valence-electron chi connectivity index (χ2n) is 7.54. The van der Waals surface area contributed by atoms with Crippen LogP contribution in [-0.2, 0) is 27.7 Å². The van der Waals surface area contributed by atoms with Crippen molar-refractivity contribution in [2.45, 2.75) is 38.6 Å². The number of aryl methyl sites for hydroxylation is 2. The van der Waals surface area contributed by atoms with Crippen LogP contribution in [0.4, 0.5) is 0 Å². The third kappa shape index (κ3) is 5.61. The van der Waals surface area contributed by atoms with E-state index in [0.29, 0.717) is 25.1 Å². The van der Waals surface area contributed by atoms with E-state index in [4.69, 9.17) is 9.88 Å². The van der Waals surface area contributed by atoms with Crippen LogP contribution in [0.25, 0.3) is 5.69 Å². The molecule has 3 N–H and O–H groups in total. The monoisotopic (exact) mass is 456 g/mol. The molecule has 3 aromatic rings. The Balaban J connectivity index is 1.75. The van der Waals surface area contributed by atoms with Crippen molar-refractivity contribution in [3.05, 3.63) is 76.6 Å². The van der Waals surface area contributed by atoms with Crippen LogP contribution in [0.2, 0.25) is 0 Å². The van der Waals surface area contributed by atoms with Crippen LogP contribution in [0, 0.1) is 13.8 Å². The summed E-state index contributed by atoms with van der Waals surface area (Å²) in [6.07, 6.45) is 2.22. The fourth-order valence-electron chi connectivity index (χ4n) is 3.46. The number of hydrogen-bond donors (Lipinski definition) is 2. The van der Waals surface area contributed by atoms with Crippen molar-refractivity contribution in [1.82, 2.24) is 15.1 Å². The van der Waals surface area contributed by atoms with Crippen molar-refractivity contribution in [3.8, 4) is 5.69 Å². The molecular formula is C23H28N4O4S. The van der Waals surface area contributed by atoms with E-state index in [9.17, 15) is 13.2 Å². The van der Waals surface area contributed by atoms with Crippen LogP contribution in [0.15, 0.2) is 53.6 Å². The maximum absolute atomic E-state index is 12.5. The molecule has 0 radical (unpaired) electrons. The van der Waals surface area contributed by atoms with Gasteiger partial charge in [0.25, 0.3) is 0 Å². The van der Waals surface area contributed by atoms with Gasteiger partial charge in [-0.15, -0.1) is 0 Å². The first-order valence-electron chi connectivity index (χ1n) is 10.3. The summed E-state index contributed by atoms with van der Waals surface area (Å²) in [7, 11) is -3.70. The zero-order chi connectivity index (χ0) is 23.3. The smallest absolute Gasteiger partial charge is 0.341 e. The lowest BCUT2D eigenvalue weighted by Gasteiger charge is -2.13. The van der Waals surface area contributed by atoms with Gasteiger partial charge in [0.05, 0.1) is 29.1 Å². The van der Waals surface area contributed by atoms with Crippen molar-refractivity contribution in [1.29, 1.82) is 0 Å². The molecule has 0 unspecified atom stereocenters. The van der Waals surface area contributed by atoms with E-state index in [-0.39, 0.29) is 11.5 Å². The highest BCUT2D eigenvalue weighted by molar-refractivity contribution is 7.89. The molecule has 0 amide bonds. The normalized spacial score (nSPS) is 11.5. The highest BCUT2D eigenvalue weighted by Gasteiger charge is 2.20. The molecule has 170 valence electrons. The topological polar surface area (TPSA) is 116 Å². The van der Waals surface area contributed by atoms with Gasteiger partial charge >= 0.3 is 5.97 Å². The Labute approximate surface area is 188 Å². The summed E-state index contributed by atoms with van der Waals surface area (Å²) >= 11 is 0. The summed E-state index contributed by atoms with van der Waals surface area (Å²) in [4.78, 5) is 12.5. The Kier molecular flexibility index (Phi) is 7.44. The van der Waals surface area contributed by atoms with Crippen LogP contribution in [-0.4, -0.2) is 37.3 Å². The van der Waals surface area contributed by atoms with E-state index in [1.165, 1.54) is 12.1 Å². The number of carbonyl (C=O) groups excluding carboxylic acids is 1. The average Bonchev–Trinajstić information content (AvgIpc) is 3.15. The number of esters is 1. The third-order valence-electron chi connectivity index (χ3n) is 5.08. The molecule has 0 saturated heterocycles. The van der Waals surface area contributed by atoms with Crippen molar-refractivity contribution in [2.75, 3.05) is 13.2 Å². The molecule has 1 aromatic heterocycles. The number of benzene rings is 2. The van der Waals surface area contributed by atoms with Gasteiger partial charge in [0.15, 0.2) is 0 Å². The van der Waals surface area contributed by atoms with Crippen molar-refractivity contribution in [2.24, 2.45) is 5.14 Å². The van der Waals surface area contributed by atoms with Crippen LogP contribution in [0.1, 0.15) is 39.7 Å². The minimum atomic E-state index is -3.70. The summed E-state index contributed by atoms with van der Waals surface area (Å²) in [5.41, 5.74) is 5.23. The van der Waals surface area contributed by atoms with Gasteiger partial charge in [0.2, 0.25) is 10.0 Å². The minimum absolute atomic E-state index is 0.0886. The highest BCUT2D eigenvalue weighted by atomic mass is 32.2. The number of aromatic nitrogens is 2. The van der Waals surface area contributed by atoms with Gasteiger partial charge in [0, 0.05) is 6.54 Å². The van der Waals surface area contributed by atoms with E-state index in [1.54, 1.807) is 29.9 Å². The molecule has 0 spiro atoms. The molecule has 0 aliphatic rings. The van der Waals surface area contributed by atoms with Crippen molar-refractivity contribution >= 4 is 16.0 Å². The highest BCUT2D eigenvalue weighted by Crippen LogP contribution is 2.20. The molecule has 0 atom stereocenters. The SMILES string of the molecule is CCOC(=O)c1cnn(-c2ccc(C)cc2C)c1CNCCc1ccc(S(N)(=O)=O)cc1. The number of ether oxygens (including phenoxy) is 1. The molecule has 8 nitrogen and oxygen atoms in total. The maximum atomic E-state index is 12.5. The Hall–Kier alpha value is -3.01. The van der Waals surface area contributed by atoms with Crippen LogP contribution >= 0.6 is 0 Å². The van der Waals surface area contributed by atoms with Crippen LogP contribution < -0.4 is 10.5 Å². The van der Waals surface area contributed by atoms with Gasteiger partial charge in [-0.05, 0) is 63.1 Å². The van der Waals surface area contributed by atoms with Gasteiger partial charge in [0.1, 0.15) is 5.56 Å². The predicted molar refractivity (Wildman–Crippen MR) is 122 cm³/mol. The van der Waals surface area contributed by atoms with Gasteiger partial charge < -0.3 is 10.1 Å². The van der Waals surface area contributed by atoms with E-state index in [1.807, 2.05) is 26.0 Å². The standard InChI is InChI=1S/C23H28N4O4S/c1-4-31-23(28)20-14-26-27(21-10-5-16(2)13-17(21)3)22(20)15-25-12-11-18-6-8-19(9-7-18)32(24,29)30/h5-10,13-14,25H,4,11-12,15H2,1-3H3,(H2,24,29,30). The summed E-state index contributed by atoms with van der Waals surface area (Å²) in [5.74, 6) is -0.404. The molecular weight excluding hydrogens is 428 g/mol. The minimum Gasteiger partial charge on any atom is -0.462 e. The van der Waals surface area contributed by atoms with Gasteiger partial charge in [-0.25, -0.2) is 23.0 Å². The summed E-state index contributed by atoms with van der Waals surface area (Å²) < 4.78 is 29.7. The lowest BCUT2D eigenvalue weighted by molar-refractivity contribution is 0.0525. The zero-order valence-electron chi connectivity index (χ0n) is 18.5. The fourth-order valence-corrected chi connectivity index (χ4v) is 3.97. The quantitative estimate of drug-likeness (QED) is 0.378. The largest absolute Gasteiger partial charge is 0.462 e. The lowest BCUT2D eigenvalue weighted by Crippen LogP contribution is -2.21. The number of sulfonamides is 1. The maximum Gasteiger partial charge on any atom is 0.341 e. The zero-order valence-corrected chi connectivity index (χ0v) is 19.3. The summed E-state index contributed by atoms with van der Waals surface area (Å²) in [6, 6.07) is 12.6. The first kappa shape index (κ1) is 23.6. The first-order chi connectivity index (χ1) is 15.2. The number of nitrogens with zero attached hydrogens (tertiary/aromatic N) is 2. The Bertz CT molecular complexity index is 1200. The Morgan fingerprint density at radius 2 is 1.88 bits per heavy atom. The number of primary sulfonamides is 1. The van der Waals surface area contributed by atoms with Gasteiger partial charge in [-0.2, -0.15) is 5.10 Å². The second kappa shape index (κ2) is 10.1. The molecule has 0 aliphatic heterocycles. The van der Waals surface area contributed by atoms with Crippen LogP contribution in [0.5, 0.6) is 0 Å². The number of nitrogens with two attached hydrogens (primary N) is 1. The van der Waals surface area contributed by atoms with E-state index >= 15 is 0 Å². The van der Waals surface area contributed by atoms with Gasteiger partial charge in [-0.3, -0.25) is 0 Å². The molecule has 3 rings (SSSR count). The number of nitrogens with one attached hydrogen (secondary N) is 1. The molecule has 0 saturated carbocycles. The summed E-state index contributed by atoms with van der Waals surface area (Å²) in [6.45, 7) is 7.13. The van der Waals surface area contributed by atoms with Crippen molar-refractivity contribution in [3.63, 3.8) is 0 Å². The molecule has 32 heavy (non-hydrogen) atoms. The van der Waals surface area contributed by atoms with E-state index in [0.717, 1.165) is 28.1 Å². The lowest BCUT2D eigenvalue weighted by atomic mass is 10.1. The molecule has 0 fully saturated rings. The van der Waals surface area contributed by atoms with Gasteiger partial charge in [-0.1, -0.05) is 29.8 Å². The third-order valence-corrected chi connectivity index (χ3v) is 6.01. The van der Waals surface area contributed by atoms with E-state index < -0.39 is 16.0 Å². The van der Waals surface area contributed by atoms with Crippen LogP contribution in [0.3, 0.4) is 0 Å². The Morgan fingerprint density at radius 3 is 2.50 bits per heavy atom. The van der Waals surface area contributed by atoms with E-state index in [2.05, 4.69) is 16.5 Å². The summed E-state index contributed by atoms with van der Waals surface area (Å²) in [5, 5.41) is 12.9. The second-order valence-corrected chi connectivity index (χ2v) is 9.10. The number of hydrogen-bond acceptors (Lipinski definition) is 6. The molecule has 0 bridgehead atoms. The average molecular weight is 457 g/mol. The van der Waals surface area contributed by atoms with Crippen molar-refractivity contribution < 1.29 is 17.9 Å². The predicted octanol–water partition coefficient (Wildman–Crippen LogP) is 2.65. The Morgan fingerprint density at radius 1 is 1.16 bits per heavy atom. The molecule has 2 aromatic carbocycles. The molecule has 0 aliphatic carbocycles. The fraction of sp³-hybridized carbons (Fsp3) is 0.304. The number of carbonyl (C=O) groups is 1.